The lowest BCUT2D eigenvalue weighted by Gasteiger charge is -2.07. The third kappa shape index (κ3) is 3.81. The maximum atomic E-state index is 12.6. The summed E-state index contributed by atoms with van der Waals surface area (Å²) in [4.78, 5) is 33.9. The van der Waals surface area contributed by atoms with Crippen LogP contribution in [-0.4, -0.2) is 27.2 Å². The van der Waals surface area contributed by atoms with E-state index in [0.717, 1.165) is 24.8 Å². The van der Waals surface area contributed by atoms with Gasteiger partial charge < -0.3 is 9.73 Å². The van der Waals surface area contributed by atoms with E-state index in [1.807, 2.05) is 18.4 Å². The van der Waals surface area contributed by atoms with E-state index in [2.05, 4.69) is 20.6 Å². The molecule has 0 aliphatic carbocycles. The van der Waals surface area contributed by atoms with Crippen LogP contribution in [0.1, 0.15) is 10.4 Å². The highest BCUT2D eigenvalue weighted by atomic mass is 32.2. The molecular formula is C20H12N4O3S4. The number of fused-ring (bicyclic) bond motifs is 4. The Morgan fingerprint density at radius 2 is 1.84 bits per heavy atom. The number of rotatable bonds is 3. The highest BCUT2D eigenvalue weighted by Gasteiger charge is 2.17. The smallest absolute Gasteiger partial charge is 0.349 e. The number of carbonyl (C=O) groups excluding carboxylic acids is 1. The fourth-order valence-electron chi connectivity index (χ4n) is 3.01. The van der Waals surface area contributed by atoms with Gasteiger partial charge in [0, 0.05) is 5.39 Å². The third-order valence-corrected chi connectivity index (χ3v) is 7.81. The average molecular weight is 485 g/mol. The van der Waals surface area contributed by atoms with Crippen molar-refractivity contribution in [1.29, 1.82) is 0 Å². The average Bonchev–Trinajstić information content (AvgIpc) is 3.35. The van der Waals surface area contributed by atoms with Crippen LogP contribution in [0, 0.1) is 0 Å². The zero-order valence-corrected chi connectivity index (χ0v) is 19.1. The largest absolute Gasteiger partial charge is 0.422 e. The first kappa shape index (κ1) is 20.1. The molecule has 31 heavy (non-hydrogen) atoms. The van der Waals surface area contributed by atoms with Gasteiger partial charge in [-0.3, -0.25) is 10.1 Å². The number of hydrogen-bond acceptors (Lipinski definition) is 9. The Kier molecular flexibility index (Phi) is 5.18. The number of thiocarbonyl (C=S) groups is 1. The minimum atomic E-state index is -0.726. The van der Waals surface area contributed by atoms with Crippen molar-refractivity contribution in [2.75, 3.05) is 11.6 Å². The van der Waals surface area contributed by atoms with Crippen LogP contribution in [-0.2, 0) is 0 Å². The Morgan fingerprint density at radius 1 is 1.10 bits per heavy atom. The predicted octanol–water partition coefficient (Wildman–Crippen LogP) is 4.86. The molecule has 0 bridgehead atoms. The van der Waals surface area contributed by atoms with Crippen molar-refractivity contribution in [2.24, 2.45) is 0 Å². The molecular weight excluding hydrogens is 473 g/mol. The van der Waals surface area contributed by atoms with Crippen LogP contribution in [0.4, 0.5) is 5.13 Å². The van der Waals surface area contributed by atoms with Crippen molar-refractivity contribution >= 4 is 94.2 Å². The first-order valence-corrected chi connectivity index (χ1v) is 12.2. The standard InChI is InChI=1S/C20H12N4O3S4/c1-29-20-22-12-7-6-11-14(15(12)31-20)30-19(21-11)24-18(28)23-16(25)10-8-9-4-2-3-5-13(9)27-17(10)26/h2-8H,1H3,(H2,21,23,24,25,28). The molecule has 11 heteroatoms. The summed E-state index contributed by atoms with van der Waals surface area (Å²) in [6.07, 6.45) is 1.99. The number of anilines is 1. The highest BCUT2D eigenvalue weighted by molar-refractivity contribution is 8.00. The normalized spacial score (nSPS) is 11.3. The number of nitrogens with one attached hydrogen (secondary N) is 2. The first-order valence-electron chi connectivity index (χ1n) is 8.91. The molecule has 2 N–H and O–H groups in total. The molecule has 0 fully saturated rings. The number of para-hydroxylation sites is 1. The second kappa shape index (κ2) is 8.00. The topological polar surface area (TPSA) is 97.1 Å². The van der Waals surface area contributed by atoms with Gasteiger partial charge in [0.15, 0.2) is 14.6 Å². The molecule has 2 aromatic carbocycles. The van der Waals surface area contributed by atoms with Gasteiger partial charge in [0.25, 0.3) is 5.91 Å². The molecule has 0 aliphatic rings. The lowest BCUT2D eigenvalue weighted by atomic mass is 10.2. The molecule has 0 radical (unpaired) electrons. The van der Waals surface area contributed by atoms with E-state index >= 15 is 0 Å². The lowest BCUT2D eigenvalue weighted by molar-refractivity contribution is 0.0974. The minimum Gasteiger partial charge on any atom is -0.422 e. The molecule has 0 unspecified atom stereocenters. The number of aromatic nitrogens is 2. The van der Waals surface area contributed by atoms with Crippen molar-refractivity contribution in [3.05, 3.63) is 58.4 Å². The van der Waals surface area contributed by atoms with Gasteiger partial charge in [-0.25, -0.2) is 14.8 Å². The Hall–Kier alpha value is -2.86. The number of thiazole rings is 2. The second-order valence-corrected chi connectivity index (χ2v) is 9.82. The zero-order chi connectivity index (χ0) is 21.5. The summed E-state index contributed by atoms with van der Waals surface area (Å²) < 4.78 is 8.27. The van der Waals surface area contributed by atoms with E-state index in [1.54, 1.807) is 47.4 Å². The van der Waals surface area contributed by atoms with Crippen molar-refractivity contribution < 1.29 is 9.21 Å². The Morgan fingerprint density at radius 3 is 2.65 bits per heavy atom. The van der Waals surface area contributed by atoms with E-state index in [4.69, 9.17) is 16.6 Å². The Bertz CT molecular complexity index is 1550. The fraction of sp³-hybridized carbons (Fsp3) is 0.0500. The van der Waals surface area contributed by atoms with Crippen LogP contribution in [0.3, 0.4) is 0 Å². The van der Waals surface area contributed by atoms with Crippen molar-refractivity contribution in [3.8, 4) is 0 Å². The van der Waals surface area contributed by atoms with Crippen molar-refractivity contribution in [3.63, 3.8) is 0 Å². The molecule has 0 saturated carbocycles. The van der Waals surface area contributed by atoms with Crippen molar-refractivity contribution in [1.82, 2.24) is 15.3 Å². The molecule has 5 aromatic rings. The minimum absolute atomic E-state index is 0.0435. The molecule has 154 valence electrons. The van der Waals surface area contributed by atoms with Crippen LogP contribution >= 0.6 is 46.7 Å². The molecule has 5 rings (SSSR count). The SMILES string of the molecule is CSc1nc2ccc3nc(NC(=S)NC(=O)c4cc5ccccc5oc4=O)sc3c2s1. The molecule has 3 aromatic heterocycles. The summed E-state index contributed by atoms with van der Waals surface area (Å²) in [5, 5.41) is 6.68. The Balaban J connectivity index is 1.38. The molecule has 0 saturated heterocycles. The summed E-state index contributed by atoms with van der Waals surface area (Å²) in [7, 11) is 0. The monoisotopic (exact) mass is 484 g/mol. The molecule has 3 heterocycles. The summed E-state index contributed by atoms with van der Waals surface area (Å²) in [6.45, 7) is 0. The van der Waals surface area contributed by atoms with Crippen molar-refractivity contribution in [2.45, 2.75) is 4.34 Å². The van der Waals surface area contributed by atoms with Crippen LogP contribution < -0.4 is 16.3 Å². The molecule has 7 nitrogen and oxygen atoms in total. The van der Waals surface area contributed by atoms with Crippen LogP contribution in [0.25, 0.3) is 31.4 Å². The first-order chi connectivity index (χ1) is 15.0. The van der Waals surface area contributed by atoms with Gasteiger partial charge in [0.1, 0.15) is 11.1 Å². The van der Waals surface area contributed by atoms with Gasteiger partial charge in [-0.05, 0) is 42.7 Å². The highest BCUT2D eigenvalue weighted by Crippen LogP contribution is 2.37. The Labute approximate surface area is 192 Å². The summed E-state index contributed by atoms with van der Waals surface area (Å²) in [5.74, 6) is -0.646. The number of thioether (sulfide) groups is 1. The molecule has 1 amide bonds. The maximum Gasteiger partial charge on any atom is 0.349 e. The number of hydrogen-bond donors (Lipinski definition) is 2. The van der Waals surface area contributed by atoms with E-state index in [9.17, 15) is 9.59 Å². The predicted molar refractivity (Wildman–Crippen MR) is 131 cm³/mol. The van der Waals surface area contributed by atoms with Crippen LogP contribution in [0.2, 0.25) is 0 Å². The maximum absolute atomic E-state index is 12.6. The van der Waals surface area contributed by atoms with E-state index in [-0.39, 0.29) is 10.7 Å². The second-order valence-electron chi connectivity index (χ2n) is 6.36. The van der Waals surface area contributed by atoms with E-state index in [1.165, 1.54) is 17.4 Å². The summed E-state index contributed by atoms with van der Waals surface area (Å²) in [5.41, 5.74) is 1.31. The lowest BCUT2D eigenvalue weighted by Crippen LogP contribution is -2.36. The van der Waals surface area contributed by atoms with Gasteiger partial charge in [0.2, 0.25) is 0 Å². The number of amides is 1. The van der Waals surface area contributed by atoms with Gasteiger partial charge in [-0.15, -0.1) is 11.3 Å². The van der Waals surface area contributed by atoms with E-state index in [0.29, 0.717) is 16.1 Å². The fourth-order valence-corrected chi connectivity index (χ4v) is 5.93. The summed E-state index contributed by atoms with van der Waals surface area (Å²) >= 11 is 9.90. The van der Waals surface area contributed by atoms with Crippen LogP contribution in [0.15, 0.2) is 56.0 Å². The van der Waals surface area contributed by atoms with Crippen LogP contribution in [0.5, 0.6) is 0 Å². The molecule has 0 spiro atoms. The quantitative estimate of drug-likeness (QED) is 0.213. The number of carbonyl (C=O) groups is 1. The zero-order valence-electron chi connectivity index (χ0n) is 15.8. The molecule has 0 atom stereocenters. The number of nitrogens with zero attached hydrogens (tertiary/aromatic N) is 2. The van der Waals surface area contributed by atoms with Gasteiger partial charge in [-0.1, -0.05) is 41.3 Å². The summed E-state index contributed by atoms with van der Waals surface area (Å²) in [6, 6.07) is 12.3. The number of benzene rings is 2. The van der Waals surface area contributed by atoms with E-state index < -0.39 is 11.5 Å². The third-order valence-electron chi connectivity index (χ3n) is 4.40. The van der Waals surface area contributed by atoms with Gasteiger partial charge >= 0.3 is 5.63 Å². The van der Waals surface area contributed by atoms with Gasteiger partial charge in [0.05, 0.1) is 20.4 Å². The molecule has 0 aliphatic heterocycles. The van der Waals surface area contributed by atoms with Gasteiger partial charge in [-0.2, -0.15) is 0 Å².